The molecule has 0 aliphatic rings. The molecule has 0 aliphatic heterocycles. The van der Waals surface area contributed by atoms with E-state index in [4.69, 9.17) is 5.11 Å². The predicted molar refractivity (Wildman–Crippen MR) is 40.3 cm³/mol. The molecule has 1 N–H and O–H groups in total. The Morgan fingerprint density at radius 1 is 1.67 bits per heavy atom. The lowest BCUT2D eigenvalue weighted by Crippen LogP contribution is -1.69. The summed E-state index contributed by atoms with van der Waals surface area (Å²) < 4.78 is 0. The van der Waals surface area contributed by atoms with Crippen LogP contribution in [0.15, 0.2) is 36.6 Å². The van der Waals surface area contributed by atoms with Gasteiger partial charge in [0.25, 0.3) is 0 Å². The van der Waals surface area contributed by atoms with Crippen molar-refractivity contribution in [2.75, 3.05) is 0 Å². The lowest BCUT2D eigenvalue weighted by molar-refractivity contribution is 0.473. The largest absolute Gasteiger partial charge is 0.516 e. The van der Waals surface area contributed by atoms with Crippen LogP contribution in [-0.2, 0) is 0 Å². The Labute approximate surface area is 56.0 Å². The first-order valence-corrected chi connectivity index (χ1v) is 2.97. The monoisotopic (exact) mass is 124 g/mol. The van der Waals surface area contributed by atoms with Gasteiger partial charge in [-0.1, -0.05) is 25.7 Å². The Morgan fingerprint density at radius 2 is 2.33 bits per heavy atom. The maximum absolute atomic E-state index is 8.25. The van der Waals surface area contributed by atoms with Gasteiger partial charge >= 0.3 is 0 Å². The third kappa shape index (κ3) is 3.59. The van der Waals surface area contributed by atoms with Crippen LogP contribution in [-0.4, -0.2) is 5.11 Å². The molecule has 0 saturated heterocycles. The summed E-state index contributed by atoms with van der Waals surface area (Å²) in [6, 6.07) is 0. The molecule has 0 amide bonds. The van der Waals surface area contributed by atoms with E-state index in [1.807, 2.05) is 13.0 Å². The summed E-state index contributed by atoms with van der Waals surface area (Å²) in [5, 5.41) is 8.25. The average Bonchev–Trinajstić information content (AvgIpc) is 1.91. The van der Waals surface area contributed by atoms with Gasteiger partial charge in [0.15, 0.2) is 0 Å². The summed E-state index contributed by atoms with van der Waals surface area (Å²) in [5.74, 6) is 0. The van der Waals surface area contributed by atoms with E-state index in [1.54, 1.807) is 12.2 Å². The predicted octanol–water partition coefficient (Wildman–Crippen LogP) is 2.58. The third-order valence-electron chi connectivity index (χ3n) is 1.07. The molecule has 0 unspecified atom stereocenters. The van der Waals surface area contributed by atoms with E-state index in [1.165, 1.54) is 0 Å². The van der Waals surface area contributed by atoms with Crippen LogP contribution in [0.1, 0.15) is 13.3 Å². The molecule has 50 valence electrons. The van der Waals surface area contributed by atoms with Crippen LogP contribution in [0.25, 0.3) is 0 Å². The van der Waals surface area contributed by atoms with Crippen LogP contribution in [0.2, 0.25) is 0 Å². The molecule has 0 rings (SSSR count). The zero-order valence-electron chi connectivity index (χ0n) is 5.67. The number of aliphatic hydroxyl groups is 1. The van der Waals surface area contributed by atoms with Gasteiger partial charge in [-0.3, -0.25) is 0 Å². The second-order valence-electron chi connectivity index (χ2n) is 1.64. The van der Waals surface area contributed by atoms with Gasteiger partial charge in [0.1, 0.15) is 0 Å². The van der Waals surface area contributed by atoms with Gasteiger partial charge in [-0.2, -0.15) is 0 Å². The minimum atomic E-state index is 0.952. The average molecular weight is 124 g/mol. The molecule has 0 heterocycles. The van der Waals surface area contributed by atoms with Crippen molar-refractivity contribution in [1.82, 2.24) is 0 Å². The Bertz CT molecular complexity index is 132. The summed E-state index contributed by atoms with van der Waals surface area (Å²) in [6.07, 6.45) is 7.15. The fourth-order valence-electron chi connectivity index (χ4n) is 0.497. The van der Waals surface area contributed by atoms with Crippen molar-refractivity contribution < 1.29 is 5.11 Å². The fraction of sp³-hybridized carbons (Fsp3) is 0.250. The van der Waals surface area contributed by atoms with Crippen molar-refractivity contribution in [3.05, 3.63) is 36.6 Å². The van der Waals surface area contributed by atoms with E-state index in [9.17, 15) is 0 Å². The first-order valence-electron chi connectivity index (χ1n) is 2.97. The highest BCUT2D eigenvalue weighted by atomic mass is 16.2. The second-order valence-corrected chi connectivity index (χ2v) is 1.64. The molecule has 0 atom stereocenters. The van der Waals surface area contributed by atoms with Gasteiger partial charge in [0.05, 0.1) is 6.26 Å². The summed E-state index contributed by atoms with van der Waals surface area (Å²) >= 11 is 0. The van der Waals surface area contributed by atoms with Crippen LogP contribution in [0, 0.1) is 0 Å². The van der Waals surface area contributed by atoms with Crippen molar-refractivity contribution in [3.63, 3.8) is 0 Å². The lowest BCUT2D eigenvalue weighted by Gasteiger charge is -1.89. The third-order valence-corrected chi connectivity index (χ3v) is 1.07. The molecule has 0 aliphatic carbocycles. The molecule has 0 aromatic carbocycles. The molecular formula is C8H12O. The van der Waals surface area contributed by atoms with Gasteiger partial charge in [-0.05, 0) is 18.1 Å². The molecule has 0 aromatic heterocycles. The summed E-state index contributed by atoms with van der Waals surface area (Å²) in [7, 11) is 0. The van der Waals surface area contributed by atoms with E-state index in [0.29, 0.717) is 0 Å². The van der Waals surface area contributed by atoms with Gasteiger partial charge < -0.3 is 5.11 Å². The lowest BCUT2D eigenvalue weighted by atomic mass is 10.2. The molecule has 0 fully saturated rings. The van der Waals surface area contributed by atoms with E-state index in [0.717, 1.165) is 18.3 Å². The second kappa shape index (κ2) is 5.16. The maximum Gasteiger partial charge on any atom is 0.0791 e. The van der Waals surface area contributed by atoms with E-state index < -0.39 is 0 Å². The minimum absolute atomic E-state index is 0.952. The SMILES string of the molecule is C=C/C(=C\C=C\O)CC. The number of allylic oxidation sites excluding steroid dienone is 4. The van der Waals surface area contributed by atoms with E-state index in [-0.39, 0.29) is 0 Å². The van der Waals surface area contributed by atoms with Crippen molar-refractivity contribution in [1.29, 1.82) is 0 Å². The van der Waals surface area contributed by atoms with Crippen LogP contribution in [0.3, 0.4) is 0 Å². The Morgan fingerprint density at radius 3 is 2.67 bits per heavy atom. The molecular weight excluding hydrogens is 112 g/mol. The van der Waals surface area contributed by atoms with Crippen molar-refractivity contribution in [3.8, 4) is 0 Å². The first-order chi connectivity index (χ1) is 4.35. The number of rotatable bonds is 3. The van der Waals surface area contributed by atoms with Crippen LogP contribution >= 0.6 is 0 Å². The topological polar surface area (TPSA) is 20.2 Å². The van der Waals surface area contributed by atoms with Gasteiger partial charge in [0, 0.05) is 0 Å². The molecule has 1 heteroatoms. The summed E-state index contributed by atoms with van der Waals surface area (Å²) in [6.45, 7) is 5.64. The Kier molecular flexibility index (Phi) is 4.60. The van der Waals surface area contributed by atoms with Gasteiger partial charge in [-0.25, -0.2) is 0 Å². The first kappa shape index (κ1) is 8.02. The minimum Gasteiger partial charge on any atom is -0.516 e. The Balaban J connectivity index is 3.90. The van der Waals surface area contributed by atoms with Crippen LogP contribution in [0.5, 0.6) is 0 Å². The van der Waals surface area contributed by atoms with Crippen molar-refractivity contribution in [2.24, 2.45) is 0 Å². The highest BCUT2D eigenvalue weighted by Crippen LogP contribution is 2.00. The van der Waals surface area contributed by atoms with Gasteiger partial charge in [-0.15, -0.1) is 0 Å². The molecule has 0 radical (unpaired) electrons. The molecule has 0 spiro atoms. The number of hydrogen-bond donors (Lipinski definition) is 1. The molecule has 0 bridgehead atoms. The molecule has 0 saturated carbocycles. The zero-order chi connectivity index (χ0) is 7.11. The van der Waals surface area contributed by atoms with E-state index in [2.05, 4.69) is 6.58 Å². The molecule has 1 nitrogen and oxygen atoms in total. The highest BCUT2D eigenvalue weighted by molar-refractivity contribution is 5.20. The highest BCUT2D eigenvalue weighted by Gasteiger charge is 1.80. The van der Waals surface area contributed by atoms with E-state index >= 15 is 0 Å². The molecule has 0 aromatic rings. The summed E-state index contributed by atoms with van der Waals surface area (Å²) in [5.41, 5.74) is 1.13. The fourth-order valence-corrected chi connectivity index (χ4v) is 0.497. The number of hydrogen-bond acceptors (Lipinski definition) is 1. The van der Waals surface area contributed by atoms with Crippen LogP contribution in [0.4, 0.5) is 0 Å². The molecule has 9 heavy (non-hydrogen) atoms. The Hall–Kier alpha value is -0.980. The normalized spacial score (nSPS) is 12.3. The number of aliphatic hydroxyl groups excluding tert-OH is 1. The standard InChI is InChI=1S/C8H12O/c1-3-8(4-2)6-5-7-9/h3,5-7,9H,1,4H2,2H3/b7-5+,8-6+. The van der Waals surface area contributed by atoms with Gasteiger partial charge in [0.2, 0.25) is 0 Å². The van der Waals surface area contributed by atoms with Crippen molar-refractivity contribution in [2.45, 2.75) is 13.3 Å². The smallest absolute Gasteiger partial charge is 0.0791 e. The zero-order valence-corrected chi connectivity index (χ0v) is 5.67. The maximum atomic E-state index is 8.25. The quantitative estimate of drug-likeness (QED) is 0.453. The summed E-state index contributed by atoms with van der Waals surface area (Å²) in [4.78, 5) is 0. The van der Waals surface area contributed by atoms with Crippen molar-refractivity contribution >= 4 is 0 Å². The van der Waals surface area contributed by atoms with Crippen LogP contribution < -0.4 is 0 Å².